The molecule has 4 aromatic rings. The Bertz CT molecular complexity index is 1080. The largest absolute Gasteiger partial charge is 1.00 e. The van der Waals surface area contributed by atoms with E-state index in [1.54, 1.807) is 9.36 Å². The van der Waals surface area contributed by atoms with Crippen LogP contribution in [0.5, 0.6) is 0 Å². The Labute approximate surface area is 193 Å². The van der Waals surface area contributed by atoms with Gasteiger partial charge in [0, 0.05) is 24.6 Å². The highest BCUT2D eigenvalue weighted by atomic mass is 127. The molecule has 0 atom stereocenters. The number of halogens is 4. The minimum Gasteiger partial charge on any atom is -1.00 e. The molecule has 148 valence electrons. The van der Waals surface area contributed by atoms with Crippen LogP contribution >= 0.6 is 34.8 Å². The fourth-order valence-electron chi connectivity index (χ4n) is 2.73. The van der Waals surface area contributed by atoms with Crippen LogP contribution < -0.4 is 28.7 Å². The molecule has 0 spiro atoms. The molecule has 0 aliphatic heterocycles. The predicted molar refractivity (Wildman–Crippen MR) is 104 cm³/mol. The second-order valence-corrected chi connectivity index (χ2v) is 7.65. The molecule has 0 aliphatic carbocycles. The van der Waals surface area contributed by atoms with Gasteiger partial charge in [0.2, 0.25) is 0 Å². The van der Waals surface area contributed by atoms with Gasteiger partial charge in [0.05, 0.1) is 17.8 Å². The summed E-state index contributed by atoms with van der Waals surface area (Å²) in [6.07, 6.45) is 3.74. The van der Waals surface area contributed by atoms with Crippen molar-refractivity contribution in [2.45, 2.75) is 4.30 Å². The van der Waals surface area contributed by atoms with E-state index in [4.69, 9.17) is 39.9 Å². The van der Waals surface area contributed by atoms with Crippen LogP contribution in [0, 0.1) is 0 Å². The number of hydrogen-bond acceptors (Lipinski definition) is 5. The molecule has 0 saturated heterocycles. The van der Waals surface area contributed by atoms with Crippen LogP contribution in [0.2, 0.25) is 0 Å². The molecule has 3 aromatic heterocycles. The monoisotopic (exact) mass is 552 g/mol. The van der Waals surface area contributed by atoms with E-state index in [1.165, 1.54) is 0 Å². The zero-order valence-corrected chi connectivity index (χ0v) is 19.6. The van der Waals surface area contributed by atoms with Crippen molar-refractivity contribution in [2.24, 2.45) is 21.1 Å². The average molecular weight is 554 g/mol. The van der Waals surface area contributed by atoms with Gasteiger partial charge in [0.1, 0.15) is 5.69 Å². The summed E-state index contributed by atoms with van der Waals surface area (Å²) in [4.78, 5) is 0. The van der Waals surface area contributed by atoms with E-state index < -0.39 is 4.30 Å². The number of fused-ring (bicyclic) bond motifs is 1. The molecule has 28 heavy (non-hydrogen) atoms. The van der Waals surface area contributed by atoms with Gasteiger partial charge in [0.25, 0.3) is 5.69 Å². The summed E-state index contributed by atoms with van der Waals surface area (Å²) < 4.78 is 4.42. The Hall–Kier alpha value is -1.56. The lowest BCUT2D eigenvalue weighted by molar-refractivity contribution is -0.718. The third-order valence-electron chi connectivity index (χ3n) is 3.70. The van der Waals surface area contributed by atoms with E-state index in [0.717, 1.165) is 33.5 Å². The quantitative estimate of drug-likeness (QED) is 0.193. The number of alkyl halides is 3. The first-order valence-electron chi connectivity index (χ1n) is 7.81. The maximum Gasteiger partial charge on any atom is 0.268 e. The van der Waals surface area contributed by atoms with Crippen LogP contribution in [0.4, 0.5) is 0 Å². The highest BCUT2D eigenvalue weighted by Crippen LogP contribution is 2.29. The van der Waals surface area contributed by atoms with Crippen molar-refractivity contribution >= 4 is 45.6 Å². The Balaban J connectivity index is 0.000000515. The summed E-state index contributed by atoms with van der Waals surface area (Å²) in [5.41, 5.74) is 3.24. The molecule has 1 aromatic carbocycles. The van der Waals surface area contributed by atoms with E-state index in [9.17, 15) is 0 Å². The molecule has 0 amide bonds. The van der Waals surface area contributed by atoms with E-state index in [1.807, 2.05) is 56.4 Å². The van der Waals surface area contributed by atoms with Crippen molar-refractivity contribution in [1.29, 1.82) is 0 Å². The van der Waals surface area contributed by atoms with Crippen molar-refractivity contribution in [3.05, 3.63) is 36.7 Å². The second-order valence-electron chi connectivity index (χ2n) is 5.67. The molecule has 0 unspecified atom stereocenters. The van der Waals surface area contributed by atoms with E-state index >= 15 is 0 Å². The molecule has 4 rings (SSSR count). The summed E-state index contributed by atoms with van der Waals surface area (Å²) in [6.45, 7) is 0. The Morgan fingerprint density at radius 3 is 1.89 bits per heavy atom. The highest BCUT2D eigenvalue weighted by Gasteiger charge is 2.24. The topological polar surface area (TPSA) is 78.2 Å². The zero-order chi connectivity index (χ0) is 19.6. The van der Waals surface area contributed by atoms with Gasteiger partial charge in [-0.15, -0.1) is 10.2 Å². The summed E-state index contributed by atoms with van der Waals surface area (Å²) >= 11 is 14.4. The maximum atomic E-state index is 4.81. The van der Waals surface area contributed by atoms with Gasteiger partial charge >= 0.3 is 0 Å². The molecule has 12 heteroatoms. The lowest BCUT2D eigenvalue weighted by Crippen LogP contribution is -3.00. The molecule has 0 radical (unpaired) electrons. The number of rotatable bonds is 2. The van der Waals surface area contributed by atoms with Crippen molar-refractivity contribution in [3.8, 4) is 22.8 Å². The molecule has 0 aliphatic rings. The van der Waals surface area contributed by atoms with E-state index in [0.29, 0.717) is 0 Å². The standard InChI is InChI=1S/C15H15N8.CHCl3.HI/c1-21-8-12(16-19-21)14-10-6-4-5-7-11(10)15(23(3)18-14)13-9-22(2)20-17-13;2-1(3)4;/h4-9H,1-3H3;1H;1H/q+1;;/p-1. The second kappa shape index (κ2) is 9.77. The number of hydrogen-bond donors (Lipinski definition) is 0. The van der Waals surface area contributed by atoms with E-state index in [-0.39, 0.29) is 24.0 Å². The zero-order valence-electron chi connectivity index (χ0n) is 15.1. The van der Waals surface area contributed by atoms with E-state index in [2.05, 4.69) is 26.7 Å². The third-order valence-corrected chi connectivity index (χ3v) is 3.70. The minimum atomic E-state index is -0.750. The van der Waals surface area contributed by atoms with Gasteiger partial charge in [-0.1, -0.05) is 68.1 Å². The van der Waals surface area contributed by atoms with Gasteiger partial charge in [-0.25, -0.2) is 0 Å². The molecule has 0 saturated carbocycles. The number of aryl methyl sites for hydroxylation is 3. The molecule has 0 bridgehead atoms. The molecule has 0 N–H and O–H groups in total. The molecule has 3 heterocycles. The molecular weight excluding hydrogens is 537 g/mol. The average Bonchev–Trinajstić information content (AvgIpc) is 3.22. The normalized spacial score (nSPS) is 10.5. The van der Waals surface area contributed by atoms with Crippen LogP contribution in [0.25, 0.3) is 33.5 Å². The summed E-state index contributed by atoms with van der Waals surface area (Å²) in [5.74, 6) is 0. The predicted octanol–water partition coefficient (Wildman–Crippen LogP) is -0.359. The fraction of sp³-hybridized carbons (Fsp3) is 0.250. The van der Waals surface area contributed by atoms with Crippen molar-refractivity contribution in [3.63, 3.8) is 0 Å². The van der Waals surface area contributed by atoms with Crippen LogP contribution in [0.15, 0.2) is 36.7 Å². The summed E-state index contributed by atoms with van der Waals surface area (Å²) in [7, 11) is 5.59. The number of aromatic nitrogens is 8. The summed E-state index contributed by atoms with van der Waals surface area (Å²) in [5, 5.41) is 23.2. The molecule has 8 nitrogen and oxygen atoms in total. The third kappa shape index (κ3) is 5.07. The van der Waals surface area contributed by atoms with Gasteiger partial charge in [-0.05, 0) is 6.07 Å². The number of nitrogens with zero attached hydrogens (tertiary/aromatic N) is 8. The van der Waals surface area contributed by atoms with Gasteiger partial charge in [0.15, 0.2) is 22.7 Å². The molecule has 0 fully saturated rings. The number of benzene rings is 1. The van der Waals surface area contributed by atoms with Gasteiger partial charge in [-0.3, -0.25) is 9.36 Å². The lowest BCUT2D eigenvalue weighted by atomic mass is 10.1. The first-order valence-corrected chi connectivity index (χ1v) is 9.12. The van der Waals surface area contributed by atoms with Crippen LogP contribution in [0.1, 0.15) is 0 Å². The smallest absolute Gasteiger partial charge is 0.268 e. The van der Waals surface area contributed by atoms with Crippen molar-refractivity contribution in [1.82, 2.24) is 35.1 Å². The van der Waals surface area contributed by atoms with Crippen LogP contribution in [-0.4, -0.2) is 39.4 Å². The lowest BCUT2D eigenvalue weighted by Gasteiger charge is -2.04. The molecular formula is C16H16Cl3IN8. The van der Waals surface area contributed by atoms with Crippen molar-refractivity contribution in [2.75, 3.05) is 0 Å². The highest BCUT2D eigenvalue weighted by molar-refractivity contribution is 6.63. The van der Waals surface area contributed by atoms with Crippen molar-refractivity contribution < 1.29 is 28.7 Å². The minimum absolute atomic E-state index is 0. The van der Waals surface area contributed by atoms with Gasteiger partial charge < -0.3 is 24.0 Å². The fourth-order valence-corrected chi connectivity index (χ4v) is 2.73. The van der Waals surface area contributed by atoms with Gasteiger partial charge in [-0.2, -0.15) is 0 Å². The Kier molecular flexibility index (Phi) is 7.93. The SMILES string of the molecule is ClC(Cl)Cl.Cn1cc(-c2n[n+](C)c(-c3cn(C)nn3)c3ccccc23)nn1.[I-]. The van der Waals surface area contributed by atoms with Crippen LogP contribution in [0.3, 0.4) is 0 Å². The first-order chi connectivity index (χ1) is 12.9. The van der Waals surface area contributed by atoms with Crippen LogP contribution in [-0.2, 0) is 21.1 Å². The first kappa shape index (κ1) is 22.7. The Morgan fingerprint density at radius 1 is 0.893 bits per heavy atom. The maximum absolute atomic E-state index is 4.81. The summed E-state index contributed by atoms with van der Waals surface area (Å²) in [6, 6.07) is 8.08. The Morgan fingerprint density at radius 2 is 1.39 bits per heavy atom.